The van der Waals surface area contributed by atoms with Crippen molar-refractivity contribution in [1.29, 1.82) is 0 Å². The van der Waals surface area contributed by atoms with Crippen LogP contribution in [0.4, 0.5) is 5.69 Å². The third-order valence-electron chi connectivity index (χ3n) is 5.46. The van der Waals surface area contributed by atoms with Crippen LogP contribution in [0, 0.1) is 5.41 Å². The van der Waals surface area contributed by atoms with E-state index in [2.05, 4.69) is 55.4 Å². The number of hydrogen-bond acceptors (Lipinski definition) is 2. The van der Waals surface area contributed by atoms with Crippen LogP contribution in [0.15, 0.2) is 24.3 Å². The summed E-state index contributed by atoms with van der Waals surface area (Å²) in [6.07, 6.45) is 6.67. The SMILES string of the molecule is CN(C1CCC(C)(C)CC1)C1CNc2ccccc2C1. The monoisotopic (exact) mass is 272 g/mol. The fourth-order valence-electron chi connectivity index (χ4n) is 3.80. The minimum absolute atomic E-state index is 0.564. The maximum absolute atomic E-state index is 3.61. The molecule has 1 aliphatic carbocycles. The van der Waals surface area contributed by atoms with Crippen molar-refractivity contribution in [3.05, 3.63) is 29.8 Å². The maximum atomic E-state index is 3.61. The van der Waals surface area contributed by atoms with Gasteiger partial charge in [0.15, 0.2) is 0 Å². The van der Waals surface area contributed by atoms with Gasteiger partial charge in [-0.2, -0.15) is 0 Å². The average Bonchev–Trinajstić information content (AvgIpc) is 2.46. The molecule has 1 fully saturated rings. The van der Waals surface area contributed by atoms with Crippen molar-refractivity contribution in [3.8, 4) is 0 Å². The molecule has 1 unspecified atom stereocenters. The van der Waals surface area contributed by atoms with E-state index < -0.39 is 0 Å². The molecule has 0 aromatic heterocycles. The lowest BCUT2D eigenvalue weighted by atomic mass is 9.75. The molecule has 110 valence electrons. The van der Waals surface area contributed by atoms with E-state index in [9.17, 15) is 0 Å². The summed E-state index contributed by atoms with van der Waals surface area (Å²) in [5.41, 5.74) is 3.38. The van der Waals surface area contributed by atoms with Gasteiger partial charge in [-0.15, -0.1) is 0 Å². The van der Waals surface area contributed by atoms with E-state index in [1.807, 2.05) is 0 Å². The van der Waals surface area contributed by atoms with Crippen LogP contribution in [0.5, 0.6) is 0 Å². The Balaban J connectivity index is 1.63. The molecule has 1 saturated carbocycles. The smallest absolute Gasteiger partial charge is 0.0373 e. The van der Waals surface area contributed by atoms with Crippen LogP contribution >= 0.6 is 0 Å². The van der Waals surface area contributed by atoms with Crippen LogP contribution in [0.3, 0.4) is 0 Å². The summed E-state index contributed by atoms with van der Waals surface area (Å²) in [6.45, 7) is 5.93. The van der Waals surface area contributed by atoms with E-state index >= 15 is 0 Å². The highest BCUT2D eigenvalue weighted by Crippen LogP contribution is 2.37. The zero-order valence-electron chi connectivity index (χ0n) is 13.2. The number of benzene rings is 1. The topological polar surface area (TPSA) is 15.3 Å². The molecule has 2 nitrogen and oxygen atoms in total. The third-order valence-corrected chi connectivity index (χ3v) is 5.46. The largest absolute Gasteiger partial charge is 0.383 e. The Morgan fingerprint density at radius 3 is 2.55 bits per heavy atom. The van der Waals surface area contributed by atoms with Crippen LogP contribution < -0.4 is 5.32 Å². The number of anilines is 1. The van der Waals surface area contributed by atoms with Gasteiger partial charge >= 0.3 is 0 Å². The molecule has 3 rings (SSSR count). The van der Waals surface area contributed by atoms with Gasteiger partial charge in [-0.3, -0.25) is 4.90 Å². The van der Waals surface area contributed by atoms with Crippen molar-refractivity contribution in [2.24, 2.45) is 5.41 Å². The second-order valence-corrected chi connectivity index (χ2v) is 7.46. The lowest BCUT2D eigenvalue weighted by Crippen LogP contribution is -2.48. The van der Waals surface area contributed by atoms with E-state index in [0.29, 0.717) is 11.5 Å². The Morgan fingerprint density at radius 2 is 1.80 bits per heavy atom. The normalized spacial score (nSPS) is 26.1. The predicted octanol–water partition coefficient (Wildman–Crippen LogP) is 3.92. The molecule has 2 heteroatoms. The number of nitrogens with one attached hydrogen (secondary N) is 1. The molecule has 2 aliphatic rings. The molecule has 1 aliphatic heterocycles. The van der Waals surface area contributed by atoms with Crippen molar-refractivity contribution in [3.63, 3.8) is 0 Å². The van der Waals surface area contributed by atoms with Crippen molar-refractivity contribution in [1.82, 2.24) is 4.90 Å². The van der Waals surface area contributed by atoms with E-state index in [0.717, 1.165) is 12.6 Å². The summed E-state index contributed by atoms with van der Waals surface area (Å²) in [5, 5.41) is 3.61. The number of likely N-dealkylation sites (N-methyl/N-ethyl adjacent to an activating group) is 1. The summed E-state index contributed by atoms with van der Waals surface area (Å²) in [5.74, 6) is 0. The molecule has 20 heavy (non-hydrogen) atoms. The lowest BCUT2D eigenvalue weighted by Gasteiger charge is -2.43. The summed E-state index contributed by atoms with van der Waals surface area (Å²) in [7, 11) is 2.34. The van der Waals surface area contributed by atoms with Gasteiger partial charge in [0.25, 0.3) is 0 Å². The number of nitrogens with zero attached hydrogens (tertiary/aromatic N) is 1. The summed E-state index contributed by atoms with van der Waals surface area (Å²) in [4.78, 5) is 2.65. The summed E-state index contributed by atoms with van der Waals surface area (Å²) >= 11 is 0. The van der Waals surface area contributed by atoms with Crippen LogP contribution in [0.2, 0.25) is 0 Å². The zero-order valence-corrected chi connectivity index (χ0v) is 13.2. The Morgan fingerprint density at radius 1 is 1.10 bits per heavy atom. The first-order valence-corrected chi connectivity index (χ1v) is 8.09. The molecule has 1 N–H and O–H groups in total. The Labute approximate surface area is 123 Å². The van der Waals surface area contributed by atoms with Gasteiger partial charge in [0.2, 0.25) is 0 Å². The standard InChI is InChI=1S/C18H28N2/c1-18(2)10-8-15(9-11-18)20(3)16-12-14-6-4-5-7-17(14)19-13-16/h4-7,15-16,19H,8-13H2,1-3H3. The van der Waals surface area contributed by atoms with Gasteiger partial charge in [-0.05, 0) is 56.2 Å². The average molecular weight is 272 g/mol. The Kier molecular flexibility index (Phi) is 3.76. The van der Waals surface area contributed by atoms with Gasteiger partial charge < -0.3 is 5.32 Å². The Bertz CT molecular complexity index is 456. The van der Waals surface area contributed by atoms with E-state index in [1.54, 1.807) is 0 Å². The molecule has 0 amide bonds. The number of rotatable bonds is 2. The highest BCUT2D eigenvalue weighted by Gasteiger charge is 2.32. The van der Waals surface area contributed by atoms with Crippen LogP contribution in [-0.4, -0.2) is 30.6 Å². The fraction of sp³-hybridized carbons (Fsp3) is 0.667. The maximum Gasteiger partial charge on any atom is 0.0373 e. The van der Waals surface area contributed by atoms with Gasteiger partial charge in [0.1, 0.15) is 0 Å². The van der Waals surface area contributed by atoms with Gasteiger partial charge in [-0.25, -0.2) is 0 Å². The molecule has 0 saturated heterocycles. The number of para-hydroxylation sites is 1. The highest BCUT2D eigenvalue weighted by molar-refractivity contribution is 5.53. The Hall–Kier alpha value is -1.02. The molecule has 1 aromatic carbocycles. The number of hydrogen-bond donors (Lipinski definition) is 1. The molecular formula is C18H28N2. The third kappa shape index (κ3) is 2.85. The van der Waals surface area contributed by atoms with Crippen LogP contribution in [0.1, 0.15) is 45.1 Å². The van der Waals surface area contributed by atoms with E-state index in [4.69, 9.17) is 0 Å². The predicted molar refractivity (Wildman–Crippen MR) is 86.2 cm³/mol. The van der Waals surface area contributed by atoms with Crippen LogP contribution in [0.25, 0.3) is 0 Å². The van der Waals surface area contributed by atoms with Gasteiger partial charge in [-0.1, -0.05) is 32.0 Å². The molecule has 0 spiro atoms. The second-order valence-electron chi connectivity index (χ2n) is 7.46. The van der Waals surface area contributed by atoms with Crippen molar-refractivity contribution in [2.45, 2.75) is 58.0 Å². The molecule has 1 heterocycles. The van der Waals surface area contributed by atoms with E-state index in [-0.39, 0.29) is 0 Å². The van der Waals surface area contributed by atoms with Crippen molar-refractivity contribution < 1.29 is 0 Å². The minimum atomic E-state index is 0.564. The van der Waals surface area contributed by atoms with Crippen molar-refractivity contribution >= 4 is 5.69 Å². The zero-order chi connectivity index (χ0) is 14.2. The number of fused-ring (bicyclic) bond motifs is 1. The molecular weight excluding hydrogens is 244 g/mol. The van der Waals surface area contributed by atoms with Gasteiger partial charge in [0.05, 0.1) is 0 Å². The first kappa shape index (κ1) is 13.9. The summed E-state index contributed by atoms with van der Waals surface area (Å²) in [6, 6.07) is 10.2. The first-order valence-electron chi connectivity index (χ1n) is 8.09. The lowest BCUT2D eigenvalue weighted by molar-refractivity contribution is 0.0970. The van der Waals surface area contributed by atoms with Crippen molar-refractivity contribution in [2.75, 3.05) is 18.9 Å². The highest BCUT2D eigenvalue weighted by atomic mass is 15.2. The molecule has 0 bridgehead atoms. The van der Waals surface area contributed by atoms with E-state index in [1.165, 1.54) is 43.4 Å². The molecule has 1 aromatic rings. The minimum Gasteiger partial charge on any atom is -0.383 e. The summed E-state index contributed by atoms with van der Waals surface area (Å²) < 4.78 is 0. The van der Waals surface area contributed by atoms with Crippen LogP contribution in [-0.2, 0) is 6.42 Å². The fourth-order valence-corrected chi connectivity index (χ4v) is 3.80. The quantitative estimate of drug-likeness (QED) is 0.877. The van der Waals surface area contributed by atoms with Gasteiger partial charge in [0, 0.05) is 24.3 Å². The second kappa shape index (κ2) is 5.40. The molecule has 0 radical (unpaired) electrons. The molecule has 1 atom stereocenters. The first-order chi connectivity index (χ1) is 9.55.